The topological polar surface area (TPSA) is 120 Å². The molecule has 3 heterocycles. The number of benzene rings is 2. The second kappa shape index (κ2) is 10.3. The Balaban J connectivity index is 1.36. The van der Waals surface area contributed by atoms with Crippen LogP contribution in [0.1, 0.15) is 0 Å². The Bertz CT molecular complexity index is 1530. The average molecular weight is 500 g/mol. The Kier molecular flexibility index (Phi) is 6.63. The van der Waals surface area contributed by atoms with E-state index in [1.807, 2.05) is 59.2 Å². The van der Waals surface area contributed by atoms with E-state index < -0.39 is 0 Å². The van der Waals surface area contributed by atoms with Crippen molar-refractivity contribution in [2.75, 3.05) is 18.2 Å². The van der Waals surface area contributed by atoms with Gasteiger partial charge in [0.1, 0.15) is 11.6 Å². The molecule has 2 N–H and O–H groups in total. The highest BCUT2D eigenvalue weighted by atomic mass is 32.2. The first-order valence-electron chi connectivity index (χ1n) is 10.9. The molecule has 10 nitrogen and oxygen atoms in total. The lowest BCUT2D eigenvalue weighted by Crippen LogP contribution is -2.15. The van der Waals surface area contributed by atoms with Gasteiger partial charge in [-0.25, -0.2) is 4.68 Å². The summed E-state index contributed by atoms with van der Waals surface area (Å²) in [6.45, 7) is 0. The molecule has 0 atom stereocenters. The summed E-state index contributed by atoms with van der Waals surface area (Å²) in [4.78, 5) is 29.1. The lowest BCUT2D eigenvalue weighted by atomic mass is 10.2. The van der Waals surface area contributed by atoms with Crippen LogP contribution in [0.3, 0.4) is 0 Å². The summed E-state index contributed by atoms with van der Waals surface area (Å²) in [5.41, 5.74) is 2.06. The van der Waals surface area contributed by atoms with Gasteiger partial charge in [-0.1, -0.05) is 30.0 Å². The molecule has 0 spiro atoms. The zero-order valence-corrected chi connectivity index (χ0v) is 20.0. The standard InChI is InChI=1S/C25H21N7O3S/c1-35-20-9-7-18(8-10-20)31-24(17-11-13-26-14-12-17)28-29-25(31)36-16-22(33)27-21-15-23(34)32(30-21)19-5-3-2-4-6-19/h2-15,30H,16H2,1H3,(H,27,33). The highest BCUT2D eigenvalue weighted by molar-refractivity contribution is 7.99. The number of carbonyl (C=O) groups is 1. The SMILES string of the molecule is COc1ccc(-n2c(SCC(=O)Nc3cc(=O)n(-c4ccccc4)[nH]3)nnc2-c2ccncc2)cc1. The Hall–Kier alpha value is -4.64. The number of amides is 1. The van der Waals surface area contributed by atoms with Crippen molar-refractivity contribution in [1.82, 2.24) is 29.5 Å². The molecule has 0 aliphatic carbocycles. The largest absolute Gasteiger partial charge is 0.497 e. The number of aromatic amines is 1. The number of hydrogen-bond donors (Lipinski definition) is 2. The van der Waals surface area contributed by atoms with Crippen LogP contribution in [-0.2, 0) is 4.79 Å². The minimum atomic E-state index is -0.295. The van der Waals surface area contributed by atoms with E-state index in [2.05, 4.69) is 25.6 Å². The molecule has 5 aromatic rings. The molecule has 0 aliphatic heterocycles. The van der Waals surface area contributed by atoms with Gasteiger partial charge >= 0.3 is 0 Å². The molecule has 36 heavy (non-hydrogen) atoms. The predicted molar refractivity (Wildman–Crippen MR) is 137 cm³/mol. The van der Waals surface area contributed by atoms with E-state index >= 15 is 0 Å². The van der Waals surface area contributed by atoms with Crippen molar-refractivity contribution < 1.29 is 9.53 Å². The normalized spacial score (nSPS) is 10.8. The van der Waals surface area contributed by atoms with Gasteiger partial charge < -0.3 is 10.1 Å². The van der Waals surface area contributed by atoms with Crippen LogP contribution < -0.4 is 15.6 Å². The highest BCUT2D eigenvalue weighted by Gasteiger charge is 2.18. The molecule has 0 bridgehead atoms. The maximum absolute atomic E-state index is 12.7. The van der Waals surface area contributed by atoms with Crippen molar-refractivity contribution >= 4 is 23.5 Å². The van der Waals surface area contributed by atoms with Gasteiger partial charge in [0.15, 0.2) is 11.0 Å². The molecule has 11 heteroatoms. The number of thioether (sulfide) groups is 1. The number of para-hydroxylation sites is 1. The zero-order chi connectivity index (χ0) is 24.9. The Morgan fingerprint density at radius 1 is 1.00 bits per heavy atom. The quantitative estimate of drug-likeness (QED) is 0.313. The van der Waals surface area contributed by atoms with Crippen LogP contribution >= 0.6 is 11.8 Å². The Labute approximate surface area is 210 Å². The molecule has 0 saturated heterocycles. The monoisotopic (exact) mass is 499 g/mol. The van der Waals surface area contributed by atoms with Crippen LogP contribution in [0.2, 0.25) is 0 Å². The summed E-state index contributed by atoms with van der Waals surface area (Å²) in [7, 11) is 1.61. The lowest BCUT2D eigenvalue weighted by molar-refractivity contribution is -0.113. The number of pyridine rings is 1. The number of nitrogens with one attached hydrogen (secondary N) is 2. The van der Waals surface area contributed by atoms with E-state index in [1.54, 1.807) is 31.6 Å². The number of H-pyrrole nitrogens is 1. The fourth-order valence-electron chi connectivity index (χ4n) is 3.56. The molecular weight excluding hydrogens is 478 g/mol. The molecule has 0 aliphatic rings. The van der Waals surface area contributed by atoms with Gasteiger partial charge in [0.05, 0.1) is 18.6 Å². The summed E-state index contributed by atoms with van der Waals surface area (Å²) >= 11 is 1.23. The van der Waals surface area contributed by atoms with Crippen LogP contribution in [0.25, 0.3) is 22.8 Å². The molecule has 0 fully saturated rings. The highest BCUT2D eigenvalue weighted by Crippen LogP contribution is 2.28. The predicted octanol–water partition coefficient (Wildman–Crippen LogP) is 3.55. The van der Waals surface area contributed by atoms with Gasteiger partial charge in [0, 0.05) is 29.7 Å². The number of ether oxygens (including phenoxy) is 1. The van der Waals surface area contributed by atoms with Crippen molar-refractivity contribution in [3.8, 4) is 28.5 Å². The second-order valence-corrected chi connectivity index (χ2v) is 8.53. The third-order valence-corrected chi connectivity index (χ3v) is 6.17. The number of hydrogen-bond acceptors (Lipinski definition) is 7. The maximum Gasteiger partial charge on any atom is 0.273 e. The van der Waals surface area contributed by atoms with Gasteiger partial charge in [-0.05, 0) is 48.5 Å². The molecule has 2 aromatic carbocycles. The van der Waals surface area contributed by atoms with Gasteiger partial charge in [0.2, 0.25) is 5.91 Å². The zero-order valence-electron chi connectivity index (χ0n) is 19.2. The van der Waals surface area contributed by atoms with Crippen molar-refractivity contribution in [3.63, 3.8) is 0 Å². The third kappa shape index (κ3) is 4.91. The summed E-state index contributed by atoms with van der Waals surface area (Å²) in [6.07, 6.45) is 3.37. The first-order valence-corrected chi connectivity index (χ1v) is 11.9. The van der Waals surface area contributed by atoms with E-state index in [0.29, 0.717) is 22.5 Å². The van der Waals surface area contributed by atoms with E-state index in [-0.39, 0.29) is 17.2 Å². The van der Waals surface area contributed by atoms with E-state index in [1.165, 1.54) is 22.5 Å². The Morgan fingerprint density at radius 3 is 2.47 bits per heavy atom. The average Bonchev–Trinajstić information content (AvgIpc) is 3.51. The number of carbonyl (C=O) groups excluding carboxylic acids is 1. The van der Waals surface area contributed by atoms with Gasteiger partial charge in [-0.15, -0.1) is 10.2 Å². The molecule has 0 radical (unpaired) electrons. The van der Waals surface area contributed by atoms with Crippen molar-refractivity contribution in [2.45, 2.75) is 5.16 Å². The fourth-order valence-corrected chi connectivity index (χ4v) is 4.31. The summed E-state index contributed by atoms with van der Waals surface area (Å²) in [6, 6.07) is 21.6. The van der Waals surface area contributed by atoms with Gasteiger partial charge in [-0.2, -0.15) is 0 Å². The Morgan fingerprint density at radius 2 is 1.75 bits per heavy atom. The molecule has 0 saturated carbocycles. The van der Waals surface area contributed by atoms with E-state index in [9.17, 15) is 9.59 Å². The molecule has 5 rings (SSSR count). The van der Waals surface area contributed by atoms with Crippen molar-refractivity contribution in [3.05, 3.63) is 95.5 Å². The van der Waals surface area contributed by atoms with Crippen LogP contribution in [0, 0.1) is 0 Å². The molecule has 0 unspecified atom stereocenters. The fraction of sp³-hybridized carbons (Fsp3) is 0.0800. The third-order valence-electron chi connectivity index (χ3n) is 5.24. The van der Waals surface area contributed by atoms with E-state index in [0.717, 1.165) is 17.0 Å². The van der Waals surface area contributed by atoms with Crippen molar-refractivity contribution in [2.24, 2.45) is 0 Å². The number of rotatable bonds is 8. The number of anilines is 1. The van der Waals surface area contributed by atoms with Crippen LogP contribution in [0.5, 0.6) is 5.75 Å². The maximum atomic E-state index is 12.7. The smallest absolute Gasteiger partial charge is 0.273 e. The number of methoxy groups -OCH3 is 1. The van der Waals surface area contributed by atoms with E-state index in [4.69, 9.17) is 4.74 Å². The van der Waals surface area contributed by atoms with Crippen LogP contribution in [0.4, 0.5) is 5.82 Å². The van der Waals surface area contributed by atoms with Gasteiger partial charge in [-0.3, -0.25) is 24.2 Å². The van der Waals surface area contributed by atoms with Gasteiger partial charge in [0.25, 0.3) is 5.56 Å². The lowest BCUT2D eigenvalue weighted by Gasteiger charge is -2.11. The minimum absolute atomic E-state index is 0.0587. The first-order chi connectivity index (χ1) is 17.6. The summed E-state index contributed by atoms with van der Waals surface area (Å²) < 4.78 is 8.51. The minimum Gasteiger partial charge on any atom is -0.497 e. The first kappa shape index (κ1) is 23.1. The number of aromatic nitrogens is 6. The van der Waals surface area contributed by atoms with Crippen LogP contribution in [0.15, 0.2) is 95.1 Å². The van der Waals surface area contributed by atoms with Crippen molar-refractivity contribution in [1.29, 1.82) is 0 Å². The number of nitrogens with zero attached hydrogens (tertiary/aromatic N) is 5. The molecule has 1 amide bonds. The molecule has 180 valence electrons. The summed E-state index contributed by atoms with van der Waals surface area (Å²) in [5, 5.41) is 14.9. The summed E-state index contributed by atoms with van der Waals surface area (Å²) in [5.74, 6) is 1.42. The second-order valence-electron chi connectivity index (χ2n) is 7.59. The molecular formula is C25H21N7O3S. The molecule has 3 aromatic heterocycles. The van der Waals surface area contributed by atoms with Crippen LogP contribution in [-0.4, -0.2) is 48.3 Å².